The van der Waals surface area contributed by atoms with Crippen LogP contribution in [-0.4, -0.2) is 27.9 Å². The van der Waals surface area contributed by atoms with Gasteiger partial charge < -0.3 is 13.9 Å². The first-order chi connectivity index (χ1) is 10.5. The van der Waals surface area contributed by atoms with E-state index < -0.39 is 0 Å². The summed E-state index contributed by atoms with van der Waals surface area (Å²) < 4.78 is 14.7. The van der Waals surface area contributed by atoms with Crippen molar-refractivity contribution in [3.05, 3.63) is 23.5 Å². The highest BCUT2D eigenvalue weighted by molar-refractivity contribution is 6.62. The van der Waals surface area contributed by atoms with Crippen LogP contribution in [0.2, 0.25) is 0 Å². The van der Waals surface area contributed by atoms with E-state index in [9.17, 15) is 0 Å². The van der Waals surface area contributed by atoms with Gasteiger partial charge in [0.25, 0.3) is 0 Å². The van der Waals surface area contributed by atoms with Crippen LogP contribution in [0.25, 0.3) is 11.0 Å². The number of fused-ring (bicyclic) bond motifs is 1. The molecule has 0 spiro atoms. The maximum Gasteiger partial charge on any atom is 0.494 e. The zero-order chi connectivity index (χ0) is 17.2. The highest BCUT2D eigenvalue weighted by atomic mass is 16.7. The molecule has 1 aromatic carbocycles. The minimum atomic E-state index is -0.334. The van der Waals surface area contributed by atoms with Crippen LogP contribution < -0.4 is 5.46 Å². The smallest absolute Gasteiger partial charge is 0.399 e. The number of aromatic nitrogens is 2. The molecule has 0 unspecified atom stereocenters. The van der Waals surface area contributed by atoms with Gasteiger partial charge in [-0.1, -0.05) is 6.07 Å². The maximum atomic E-state index is 6.21. The molecule has 2 heterocycles. The number of nitrogens with zero attached hydrogens (tertiary/aromatic N) is 2. The lowest BCUT2D eigenvalue weighted by Gasteiger charge is -2.32. The van der Waals surface area contributed by atoms with Gasteiger partial charge in [-0.2, -0.15) is 0 Å². The predicted octanol–water partition coefficient (Wildman–Crippen LogP) is 3.53. The molecular formula is C18H27BN2O2. The zero-order valence-corrected chi connectivity index (χ0v) is 15.5. The Morgan fingerprint density at radius 2 is 1.61 bits per heavy atom. The lowest BCUT2D eigenvalue weighted by Crippen LogP contribution is -2.41. The van der Waals surface area contributed by atoms with Gasteiger partial charge in [0.2, 0.25) is 0 Å². The maximum absolute atomic E-state index is 6.21. The Balaban J connectivity index is 2.12. The lowest BCUT2D eigenvalue weighted by molar-refractivity contribution is 0.00578. The Bertz CT molecular complexity index is 746. The quantitative estimate of drug-likeness (QED) is 0.796. The fourth-order valence-electron chi connectivity index (χ4n) is 3.27. The molecular weight excluding hydrogens is 287 g/mol. The monoisotopic (exact) mass is 314 g/mol. The van der Waals surface area contributed by atoms with Gasteiger partial charge in [0.15, 0.2) is 0 Å². The highest BCUT2D eigenvalue weighted by Crippen LogP contribution is 2.36. The molecule has 0 saturated carbocycles. The third-order valence-electron chi connectivity index (χ3n) is 5.23. The topological polar surface area (TPSA) is 36.3 Å². The van der Waals surface area contributed by atoms with Crippen molar-refractivity contribution in [2.24, 2.45) is 0 Å². The fraction of sp³-hybridized carbons (Fsp3) is 0.611. The number of aryl methyl sites for hydroxylation is 2. The van der Waals surface area contributed by atoms with Crippen LogP contribution in [0, 0.1) is 13.8 Å². The van der Waals surface area contributed by atoms with Gasteiger partial charge in [-0.05, 0) is 72.5 Å². The summed E-state index contributed by atoms with van der Waals surface area (Å²) in [6, 6.07) is 4.68. The van der Waals surface area contributed by atoms with E-state index in [1.165, 1.54) is 0 Å². The Labute approximate surface area is 139 Å². The number of hydrogen-bond donors (Lipinski definition) is 0. The molecule has 1 aliphatic heterocycles. The van der Waals surface area contributed by atoms with Gasteiger partial charge in [0, 0.05) is 6.04 Å². The van der Waals surface area contributed by atoms with Gasteiger partial charge in [0.1, 0.15) is 5.82 Å². The molecule has 1 fully saturated rings. The van der Waals surface area contributed by atoms with E-state index in [1.54, 1.807) is 0 Å². The van der Waals surface area contributed by atoms with Crippen molar-refractivity contribution in [2.75, 3.05) is 0 Å². The van der Waals surface area contributed by atoms with E-state index in [4.69, 9.17) is 14.3 Å². The van der Waals surface area contributed by atoms with Crippen LogP contribution in [0.5, 0.6) is 0 Å². The zero-order valence-electron chi connectivity index (χ0n) is 15.5. The third-order valence-corrected chi connectivity index (χ3v) is 5.23. The van der Waals surface area contributed by atoms with Gasteiger partial charge >= 0.3 is 7.12 Å². The van der Waals surface area contributed by atoms with E-state index >= 15 is 0 Å². The van der Waals surface area contributed by atoms with Crippen LogP contribution in [0.3, 0.4) is 0 Å². The molecule has 0 N–H and O–H groups in total. The lowest BCUT2D eigenvalue weighted by atomic mass is 9.78. The molecule has 0 bridgehead atoms. The summed E-state index contributed by atoms with van der Waals surface area (Å²) in [5, 5.41) is 0. The van der Waals surface area contributed by atoms with Crippen molar-refractivity contribution in [1.82, 2.24) is 9.55 Å². The fourth-order valence-corrected chi connectivity index (χ4v) is 3.27. The molecule has 5 heteroatoms. The third kappa shape index (κ3) is 2.50. The van der Waals surface area contributed by atoms with Gasteiger partial charge in [0.05, 0.1) is 22.2 Å². The van der Waals surface area contributed by atoms with Crippen molar-refractivity contribution in [1.29, 1.82) is 0 Å². The van der Waals surface area contributed by atoms with Crippen molar-refractivity contribution in [3.8, 4) is 0 Å². The summed E-state index contributed by atoms with van der Waals surface area (Å²) in [6.45, 7) is 16.9. The van der Waals surface area contributed by atoms with E-state index in [-0.39, 0.29) is 18.3 Å². The largest absolute Gasteiger partial charge is 0.494 e. The van der Waals surface area contributed by atoms with Crippen molar-refractivity contribution in [3.63, 3.8) is 0 Å². The van der Waals surface area contributed by atoms with Crippen molar-refractivity contribution >= 4 is 23.6 Å². The molecule has 0 atom stereocenters. The minimum absolute atomic E-state index is 0.325. The summed E-state index contributed by atoms with van der Waals surface area (Å²) in [5.41, 5.74) is 3.80. The number of rotatable bonds is 2. The molecule has 1 aromatic heterocycles. The number of hydrogen-bond acceptors (Lipinski definition) is 3. The standard InChI is InChI=1S/C18H27BN2O2/c1-11(2)21-13(4)20-16-12(3)9-14(10-15(16)21)19-22-17(5,6)18(7,8)23-19/h9-11H,1-8H3. The first-order valence-electron chi connectivity index (χ1n) is 8.38. The van der Waals surface area contributed by atoms with Crippen LogP contribution in [0.1, 0.15) is 59.0 Å². The molecule has 4 nitrogen and oxygen atoms in total. The highest BCUT2D eigenvalue weighted by Gasteiger charge is 2.51. The second-order valence-electron chi connectivity index (χ2n) is 7.92. The molecule has 124 valence electrons. The second kappa shape index (κ2) is 5.08. The van der Waals surface area contributed by atoms with E-state index in [0.29, 0.717) is 6.04 Å². The molecule has 23 heavy (non-hydrogen) atoms. The molecule has 1 saturated heterocycles. The Kier molecular flexibility index (Phi) is 3.65. The summed E-state index contributed by atoms with van der Waals surface area (Å²) >= 11 is 0. The average molecular weight is 314 g/mol. The summed E-state index contributed by atoms with van der Waals surface area (Å²) in [4.78, 5) is 4.74. The molecule has 2 aromatic rings. The SMILES string of the molecule is Cc1cc(B2OC(C)(C)C(C)(C)O2)cc2c1nc(C)n2C(C)C. The van der Waals surface area contributed by atoms with Crippen LogP contribution >= 0.6 is 0 Å². The molecule has 1 aliphatic rings. The van der Waals surface area contributed by atoms with E-state index in [2.05, 4.69) is 72.1 Å². The van der Waals surface area contributed by atoms with E-state index in [0.717, 1.165) is 27.9 Å². The average Bonchev–Trinajstić information content (AvgIpc) is 2.83. The normalized spacial score (nSPS) is 20.0. The summed E-state index contributed by atoms with van der Waals surface area (Å²) in [7, 11) is -0.334. The Morgan fingerprint density at radius 1 is 1.04 bits per heavy atom. The van der Waals surface area contributed by atoms with Crippen LogP contribution in [-0.2, 0) is 9.31 Å². The number of benzene rings is 1. The van der Waals surface area contributed by atoms with E-state index in [1.807, 2.05) is 0 Å². The Hall–Kier alpha value is -1.33. The molecule has 0 radical (unpaired) electrons. The minimum Gasteiger partial charge on any atom is -0.399 e. The molecule has 0 amide bonds. The summed E-state index contributed by atoms with van der Waals surface area (Å²) in [5.74, 6) is 1.05. The number of imidazole rings is 1. The molecule has 0 aliphatic carbocycles. The van der Waals surface area contributed by atoms with Crippen molar-refractivity contribution in [2.45, 2.75) is 72.6 Å². The van der Waals surface area contributed by atoms with Gasteiger partial charge in [-0.15, -0.1) is 0 Å². The summed E-state index contributed by atoms with van der Waals surface area (Å²) in [6.07, 6.45) is 0. The molecule has 3 rings (SSSR count). The van der Waals surface area contributed by atoms with Crippen molar-refractivity contribution < 1.29 is 9.31 Å². The van der Waals surface area contributed by atoms with Gasteiger partial charge in [-0.25, -0.2) is 4.98 Å². The van der Waals surface area contributed by atoms with Crippen LogP contribution in [0.4, 0.5) is 0 Å². The predicted molar refractivity (Wildman–Crippen MR) is 95.3 cm³/mol. The Morgan fingerprint density at radius 3 is 2.13 bits per heavy atom. The first-order valence-corrected chi connectivity index (χ1v) is 8.38. The second-order valence-corrected chi connectivity index (χ2v) is 7.92. The van der Waals surface area contributed by atoms with Gasteiger partial charge in [-0.3, -0.25) is 0 Å². The first kappa shape index (κ1) is 16.5. The van der Waals surface area contributed by atoms with Crippen LogP contribution in [0.15, 0.2) is 12.1 Å².